The van der Waals surface area contributed by atoms with Crippen molar-refractivity contribution in [3.63, 3.8) is 0 Å². The molecule has 1 aromatic carbocycles. The van der Waals surface area contributed by atoms with Crippen molar-refractivity contribution in [3.8, 4) is 5.75 Å². The molecule has 104 valence electrons. The summed E-state index contributed by atoms with van der Waals surface area (Å²) in [6.45, 7) is 1.32. The molecule has 5 heteroatoms. The summed E-state index contributed by atoms with van der Waals surface area (Å²) in [6, 6.07) is 5.86. The molecule has 0 spiro atoms. The summed E-state index contributed by atoms with van der Waals surface area (Å²) in [6.07, 6.45) is 1.90. The molecule has 2 rings (SSSR count). The number of nitrogens with zero attached hydrogens (tertiary/aromatic N) is 1. The number of hydrogen-bond donors (Lipinski definition) is 3. The molecule has 0 aromatic heterocycles. The Labute approximate surface area is 113 Å². The van der Waals surface area contributed by atoms with Crippen LogP contribution in [-0.2, 0) is 6.42 Å². The molecule has 0 saturated heterocycles. The first-order valence-corrected chi connectivity index (χ1v) is 6.59. The van der Waals surface area contributed by atoms with Crippen molar-refractivity contribution in [3.05, 3.63) is 29.3 Å². The molecule has 1 aliphatic carbocycles. The number of phenols is 1. The molecule has 0 aliphatic heterocycles. The fraction of sp³-hybridized carbons (Fsp3) is 0.500. The van der Waals surface area contributed by atoms with Gasteiger partial charge in [-0.15, -0.1) is 0 Å². The van der Waals surface area contributed by atoms with E-state index in [2.05, 4.69) is 16.7 Å². The van der Waals surface area contributed by atoms with E-state index in [0.717, 1.165) is 24.9 Å². The van der Waals surface area contributed by atoms with Gasteiger partial charge in [-0.3, -0.25) is 0 Å². The van der Waals surface area contributed by atoms with E-state index in [-0.39, 0.29) is 12.1 Å². The van der Waals surface area contributed by atoms with Crippen molar-refractivity contribution >= 4 is 6.03 Å². The van der Waals surface area contributed by atoms with Crippen molar-refractivity contribution < 1.29 is 9.90 Å². The van der Waals surface area contributed by atoms with Crippen molar-refractivity contribution in [2.24, 2.45) is 0 Å². The first kappa shape index (κ1) is 13.7. The van der Waals surface area contributed by atoms with Gasteiger partial charge in [-0.25, -0.2) is 4.79 Å². The number of amides is 2. The highest BCUT2D eigenvalue weighted by molar-refractivity contribution is 5.73. The van der Waals surface area contributed by atoms with Gasteiger partial charge in [-0.2, -0.15) is 0 Å². The standard InChI is InChI=1S/C14H21N3O2/c1-17(2)14(19)16-9-8-15-12-7-6-11-10(12)4-3-5-13(11)18/h3-5,12,15,18H,6-9H2,1-2H3,(H,16,19). The molecule has 1 aromatic rings. The lowest BCUT2D eigenvalue weighted by molar-refractivity contribution is 0.217. The number of rotatable bonds is 4. The quantitative estimate of drug-likeness (QED) is 0.716. The fourth-order valence-electron chi connectivity index (χ4n) is 2.42. The Morgan fingerprint density at radius 3 is 2.95 bits per heavy atom. The number of benzene rings is 1. The van der Waals surface area contributed by atoms with E-state index in [1.165, 1.54) is 10.5 Å². The minimum atomic E-state index is -0.0775. The third-order valence-electron chi connectivity index (χ3n) is 3.44. The monoisotopic (exact) mass is 263 g/mol. The van der Waals surface area contributed by atoms with Gasteiger partial charge in [-0.1, -0.05) is 12.1 Å². The summed E-state index contributed by atoms with van der Waals surface area (Å²) >= 11 is 0. The van der Waals surface area contributed by atoms with Crippen LogP contribution in [0, 0.1) is 0 Å². The van der Waals surface area contributed by atoms with Gasteiger partial charge < -0.3 is 20.6 Å². The lowest BCUT2D eigenvalue weighted by Gasteiger charge is -2.16. The Bertz CT molecular complexity index is 460. The van der Waals surface area contributed by atoms with Crippen LogP contribution in [0.3, 0.4) is 0 Å². The van der Waals surface area contributed by atoms with Gasteiger partial charge in [0, 0.05) is 33.2 Å². The van der Waals surface area contributed by atoms with Crippen molar-refractivity contribution in [2.75, 3.05) is 27.2 Å². The van der Waals surface area contributed by atoms with Crippen LogP contribution in [0.2, 0.25) is 0 Å². The van der Waals surface area contributed by atoms with Crippen LogP contribution >= 0.6 is 0 Å². The number of aromatic hydroxyl groups is 1. The molecule has 19 heavy (non-hydrogen) atoms. The van der Waals surface area contributed by atoms with E-state index < -0.39 is 0 Å². The zero-order valence-corrected chi connectivity index (χ0v) is 11.4. The molecule has 0 radical (unpaired) electrons. The molecule has 0 bridgehead atoms. The highest BCUT2D eigenvalue weighted by Crippen LogP contribution is 2.35. The smallest absolute Gasteiger partial charge is 0.316 e. The topological polar surface area (TPSA) is 64.6 Å². The summed E-state index contributed by atoms with van der Waals surface area (Å²) in [4.78, 5) is 12.9. The lowest BCUT2D eigenvalue weighted by atomic mass is 10.1. The predicted octanol–water partition coefficient (Wildman–Crippen LogP) is 1.24. The molecule has 1 aliphatic rings. The van der Waals surface area contributed by atoms with Gasteiger partial charge in [0.15, 0.2) is 0 Å². The molecule has 0 heterocycles. The first-order chi connectivity index (χ1) is 9.09. The molecule has 2 amide bonds. The number of urea groups is 1. The third-order valence-corrected chi connectivity index (χ3v) is 3.44. The highest BCUT2D eigenvalue weighted by atomic mass is 16.3. The number of nitrogens with one attached hydrogen (secondary N) is 2. The molecule has 1 atom stereocenters. The Hall–Kier alpha value is -1.75. The largest absolute Gasteiger partial charge is 0.508 e. The molecule has 0 fully saturated rings. The lowest BCUT2D eigenvalue weighted by Crippen LogP contribution is -2.38. The van der Waals surface area contributed by atoms with E-state index in [1.807, 2.05) is 6.07 Å². The van der Waals surface area contributed by atoms with Gasteiger partial charge in [-0.05, 0) is 30.0 Å². The van der Waals surface area contributed by atoms with Crippen LogP contribution in [0.25, 0.3) is 0 Å². The Kier molecular flexibility index (Phi) is 4.27. The average molecular weight is 263 g/mol. The molecule has 3 N–H and O–H groups in total. The fourth-order valence-corrected chi connectivity index (χ4v) is 2.42. The summed E-state index contributed by atoms with van der Waals surface area (Å²) in [7, 11) is 3.44. The number of hydrogen-bond acceptors (Lipinski definition) is 3. The summed E-state index contributed by atoms with van der Waals surface area (Å²) in [5, 5.41) is 16.0. The molecular formula is C14H21N3O2. The summed E-state index contributed by atoms with van der Waals surface area (Å²) in [5.41, 5.74) is 2.23. The second-order valence-electron chi connectivity index (χ2n) is 5.02. The van der Waals surface area contributed by atoms with Gasteiger partial charge in [0.05, 0.1) is 0 Å². The van der Waals surface area contributed by atoms with Crippen LogP contribution in [0.15, 0.2) is 18.2 Å². The SMILES string of the molecule is CN(C)C(=O)NCCNC1CCc2c(O)cccc21. The maximum absolute atomic E-state index is 11.3. The number of carbonyl (C=O) groups is 1. The van der Waals surface area contributed by atoms with Crippen LogP contribution in [0.4, 0.5) is 4.79 Å². The normalized spacial score (nSPS) is 17.1. The maximum atomic E-state index is 11.3. The zero-order chi connectivity index (χ0) is 13.8. The minimum Gasteiger partial charge on any atom is -0.508 e. The second-order valence-corrected chi connectivity index (χ2v) is 5.02. The third kappa shape index (κ3) is 3.17. The van der Waals surface area contributed by atoms with Crippen LogP contribution in [-0.4, -0.2) is 43.2 Å². The van der Waals surface area contributed by atoms with Gasteiger partial charge >= 0.3 is 6.03 Å². The Morgan fingerprint density at radius 2 is 2.21 bits per heavy atom. The van der Waals surface area contributed by atoms with Crippen molar-refractivity contribution in [2.45, 2.75) is 18.9 Å². The van der Waals surface area contributed by atoms with E-state index in [4.69, 9.17) is 0 Å². The van der Waals surface area contributed by atoms with E-state index in [9.17, 15) is 9.90 Å². The van der Waals surface area contributed by atoms with E-state index in [0.29, 0.717) is 12.3 Å². The molecule has 1 unspecified atom stereocenters. The highest BCUT2D eigenvalue weighted by Gasteiger charge is 2.23. The number of carbonyl (C=O) groups excluding carboxylic acids is 1. The van der Waals surface area contributed by atoms with E-state index >= 15 is 0 Å². The van der Waals surface area contributed by atoms with Crippen LogP contribution in [0.1, 0.15) is 23.6 Å². The first-order valence-electron chi connectivity index (χ1n) is 6.59. The summed E-state index contributed by atoms with van der Waals surface area (Å²) < 4.78 is 0. The Balaban J connectivity index is 1.81. The Morgan fingerprint density at radius 1 is 1.42 bits per heavy atom. The van der Waals surface area contributed by atoms with Crippen molar-refractivity contribution in [1.82, 2.24) is 15.5 Å². The number of fused-ring (bicyclic) bond motifs is 1. The van der Waals surface area contributed by atoms with Crippen LogP contribution in [0.5, 0.6) is 5.75 Å². The second kappa shape index (κ2) is 5.93. The summed E-state index contributed by atoms with van der Waals surface area (Å²) in [5.74, 6) is 0.391. The van der Waals surface area contributed by atoms with Crippen LogP contribution < -0.4 is 10.6 Å². The van der Waals surface area contributed by atoms with Crippen molar-refractivity contribution in [1.29, 1.82) is 0 Å². The van der Waals surface area contributed by atoms with E-state index in [1.54, 1.807) is 20.2 Å². The molecular weight excluding hydrogens is 242 g/mol. The van der Waals surface area contributed by atoms with Gasteiger partial charge in [0.25, 0.3) is 0 Å². The average Bonchev–Trinajstić information content (AvgIpc) is 2.79. The number of phenolic OH excluding ortho intramolecular Hbond substituents is 1. The predicted molar refractivity (Wildman–Crippen MR) is 74.3 cm³/mol. The minimum absolute atomic E-state index is 0.0775. The maximum Gasteiger partial charge on any atom is 0.316 e. The van der Waals surface area contributed by atoms with Gasteiger partial charge in [0.2, 0.25) is 0 Å². The molecule has 0 saturated carbocycles. The van der Waals surface area contributed by atoms with Gasteiger partial charge in [0.1, 0.15) is 5.75 Å². The molecule has 5 nitrogen and oxygen atoms in total. The zero-order valence-electron chi connectivity index (χ0n) is 11.4.